The Balaban J connectivity index is 1.98. The van der Waals surface area contributed by atoms with Gasteiger partial charge in [0.1, 0.15) is 5.75 Å². The normalized spacial score (nSPS) is 15.8. The third-order valence-corrected chi connectivity index (χ3v) is 4.16. The number of nitrogens with zero attached hydrogens (tertiary/aromatic N) is 2. The Hall–Kier alpha value is -2.30. The summed E-state index contributed by atoms with van der Waals surface area (Å²) in [6.07, 6.45) is 1.78. The van der Waals surface area contributed by atoms with E-state index in [9.17, 15) is 4.79 Å². The standard InChI is InChI=1S/C18H14Cl2N2O2/c1-11-15(9-12-4-3-5-14(8-12)24-2)18(23)22(21-11)17-10-13(19)6-7-16(17)20/h3-10H,1-2H3. The number of rotatable bonds is 3. The Morgan fingerprint density at radius 2 is 1.96 bits per heavy atom. The molecule has 2 aromatic rings. The van der Waals surface area contributed by atoms with Crippen molar-refractivity contribution < 1.29 is 9.53 Å². The van der Waals surface area contributed by atoms with Crippen LogP contribution in [0.15, 0.2) is 53.1 Å². The first kappa shape index (κ1) is 16.6. The molecule has 0 fully saturated rings. The molecule has 0 aromatic heterocycles. The van der Waals surface area contributed by atoms with Crippen LogP contribution in [-0.2, 0) is 4.79 Å². The largest absolute Gasteiger partial charge is 0.497 e. The van der Waals surface area contributed by atoms with Crippen LogP contribution >= 0.6 is 23.2 Å². The van der Waals surface area contributed by atoms with Gasteiger partial charge in [0.2, 0.25) is 0 Å². The van der Waals surface area contributed by atoms with Crippen molar-refractivity contribution in [1.82, 2.24) is 0 Å². The van der Waals surface area contributed by atoms with Crippen LogP contribution in [0.4, 0.5) is 5.69 Å². The fourth-order valence-electron chi connectivity index (χ4n) is 2.39. The molecular weight excluding hydrogens is 347 g/mol. The van der Waals surface area contributed by atoms with E-state index in [0.29, 0.717) is 27.0 Å². The second-order valence-corrected chi connectivity index (χ2v) is 6.08. The fraction of sp³-hybridized carbons (Fsp3) is 0.111. The zero-order valence-electron chi connectivity index (χ0n) is 13.1. The Bertz CT molecular complexity index is 875. The molecule has 24 heavy (non-hydrogen) atoms. The average molecular weight is 361 g/mol. The number of hydrogen-bond donors (Lipinski definition) is 0. The summed E-state index contributed by atoms with van der Waals surface area (Å²) in [5.41, 5.74) is 2.42. The van der Waals surface area contributed by atoms with Gasteiger partial charge in [0.25, 0.3) is 5.91 Å². The molecule has 0 aliphatic carbocycles. The summed E-state index contributed by atoms with van der Waals surface area (Å²) < 4.78 is 5.21. The van der Waals surface area contributed by atoms with Crippen LogP contribution in [0.1, 0.15) is 12.5 Å². The molecule has 3 rings (SSSR count). The minimum absolute atomic E-state index is 0.250. The van der Waals surface area contributed by atoms with E-state index >= 15 is 0 Å². The number of anilines is 1. The first-order chi connectivity index (χ1) is 11.5. The number of ether oxygens (including phenoxy) is 1. The van der Waals surface area contributed by atoms with E-state index in [1.54, 1.807) is 38.3 Å². The van der Waals surface area contributed by atoms with Gasteiger partial charge in [0.05, 0.1) is 29.1 Å². The molecule has 0 unspecified atom stereocenters. The lowest BCUT2D eigenvalue weighted by Gasteiger charge is -2.13. The first-order valence-electron chi connectivity index (χ1n) is 7.20. The number of amides is 1. The molecule has 1 heterocycles. The van der Waals surface area contributed by atoms with Crippen LogP contribution in [0.2, 0.25) is 10.0 Å². The third kappa shape index (κ3) is 3.16. The molecule has 0 atom stereocenters. The van der Waals surface area contributed by atoms with Crippen LogP contribution in [0.25, 0.3) is 6.08 Å². The van der Waals surface area contributed by atoms with Crippen molar-refractivity contribution in [3.05, 3.63) is 63.6 Å². The summed E-state index contributed by atoms with van der Waals surface area (Å²) in [7, 11) is 1.60. The molecule has 4 nitrogen and oxygen atoms in total. The van der Waals surface area contributed by atoms with Crippen molar-refractivity contribution in [2.24, 2.45) is 5.10 Å². The maximum absolute atomic E-state index is 12.7. The Morgan fingerprint density at radius 1 is 1.17 bits per heavy atom. The number of halogens is 2. The Kier molecular flexibility index (Phi) is 4.60. The van der Waals surface area contributed by atoms with Crippen molar-refractivity contribution in [2.75, 3.05) is 12.1 Å². The molecule has 0 saturated heterocycles. The highest BCUT2D eigenvalue weighted by Gasteiger charge is 2.30. The summed E-state index contributed by atoms with van der Waals surface area (Å²) in [6, 6.07) is 12.4. The summed E-state index contributed by atoms with van der Waals surface area (Å²) in [6.45, 7) is 1.78. The van der Waals surface area contributed by atoms with E-state index in [-0.39, 0.29) is 5.91 Å². The summed E-state index contributed by atoms with van der Waals surface area (Å²) in [5, 5.41) is 6.49. The van der Waals surface area contributed by atoms with Gasteiger partial charge in [-0.05, 0) is 48.9 Å². The van der Waals surface area contributed by atoms with Gasteiger partial charge >= 0.3 is 0 Å². The van der Waals surface area contributed by atoms with Gasteiger partial charge in [-0.3, -0.25) is 4.79 Å². The van der Waals surface area contributed by atoms with Crippen LogP contribution in [-0.4, -0.2) is 18.7 Å². The molecule has 0 spiro atoms. The third-order valence-electron chi connectivity index (χ3n) is 3.60. The van der Waals surface area contributed by atoms with Crippen molar-refractivity contribution in [2.45, 2.75) is 6.92 Å². The highest BCUT2D eigenvalue weighted by molar-refractivity contribution is 6.38. The van der Waals surface area contributed by atoms with Crippen molar-refractivity contribution in [3.63, 3.8) is 0 Å². The second-order valence-electron chi connectivity index (χ2n) is 5.23. The molecule has 2 aromatic carbocycles. The lowest BCUT2D eigenvalue weighted by atomic mass is 10.1. The van der Waals surface area contributed by atoms with E-state index in [4.69, 9.17) is 27.9 Å². The summed E-state index contributed by atoms with van der Waals surface area (Å²) in [5.74, 6) is 0.471. The van der Waals surface area contributed by atoms with E-state index in [1.165, 1.54) is 5.01 Å². The highest BCUT2D eigenvalue weighted by atomic mass is 35.5. The minimum atomic E-state index is -0.250. The van der Waals surface area contributed by atoms with Crippen LogP contribution in [0.3, 0.4) is 0 Å². The number of carbonyl (C=O) groups excluding carboxylic acids is 1. The number of hydrazone groups is 1. The molecule has 122 valence electrons. The van der Waals surface area contributed by atoms with E-state index < -0.39 is 0 Å². The SMILES string of the molecule is COc1cccc(C=C2C(=O)N(c3cc(Cl)ccc3Cl)N=C2C)c1. The van der Waals surface area contributed by atoms with Gasteiger partial charge < -0.3 is 4.74 Å². The molecule has 0 bridgehead atoms. The average Bonchev–Trinajstić information content (AvgIpc) is 2.85. The number of methoxy groups -OCH3 is 1. The highest BCUT2D eigenvalue weighted by Crippen LogP contribution is 2.33. The molecule has 0 saturated carbocycles. The molecule has 1 aliphatic rings. The van der Waals surface area contributed by atoms with E-state index in [1.807, 2.05) is 24.3 Å². The van der Waals surface area contributed by atoms with Gasteiger partial charge in [-0.15, -0.1) is 0 Å². The van der Waals surface area contributed by atoms with Crippen LogP contribution in [0.5, 0.6) is 5.75 Å². The van der Waals surface area contributed by atoms with Crippen molar-refractivity contribution in [3.8, 4) is 5.75 Å². The topological polar surface area (TPSA) is 41.9 Å². The van der Waals surface area contributed by atoms with Gasteiger partial charge in [-0.25, -0.2) is 0 Å². The zero-order chi connectivity index (χ0) is 17.3. The van der Waals surface area contributed by atoms with Gasteiger partial charge in [0.15, 0.2) is 0 Å². The molecule has 1 amide bonds. The predicted octanol–water partition coefficient (Wildman–Crippen LogP) is 4.81. The molecule has 1 aliphatic heterocycles. The zero-order valence-corrected chi connectivity index (χ0v) is 14.6. The van der Waals surface area contributed by atoms with Crippen LogP contribution in [0, 0.1) is 0 Å². The van der Waals surface area contributed by atoms with E-state index in [0.717, 1.165) is 11.3 Å². The second kappa shape index (κ2) is 6.67. The van der Waals surface area contributed by atoms with E-state index in [2.05, 4.69) is 5.10 Å². The number of benzene rings is 2. The first-order valence-corrected chi connectivity index (χ1v) is 7.96. The maximum atomic E-state index is 12.7. The Labute approximate surface area is 149 Å². The Morgan fingerprint density at radius 3 is 2.71 bits per heavy atom. The van der Waals surface area contributed by atoms with Gasteiger partial charge in [0, 0.05) is 5.02 Å². The number of carbonyl (C=O) groups is 1. The minimum Gasteiger partial charge on any atom is -0.497 e. The van der Waals surface area contributed by atoms with Gasteiger partial charge in [-0.2, -0.15) is 10.1 Å². The molecular formula is C18H14Cl2N2O2. The quantitative estimate of drug-likeness (QED) is 0.737. The molecule has 6 heteroatoms. The maximum Gasteiger partial charge on any atom is 0.280 e. The monoisotopic (exact) mass is 360 g/mol. The smallest absolute Gasteiger partial charge is 0.280 e. The predicted molar refractivity (Wildman–Crippen MR) is 98.0 cm³/mol. The molecule has 0 radical (unpaired) electrons. The lowest BCUT2D eigenvalue weighted by molar-refractivity contribution is -0.114. The molecule has 0 N–H and O–H groups in total. The number of hydrogen-bond acceptors (Lipinski definition) is 3. The summed E-state index contributed by atoms with van der Waals surface area (Å²) in [4.78, 5) is 12.7. The summed E-state index contributed by atoms with van der Waals surface area (Å²) >= 11 is 12.2. The van der Waals surface area contributed by atoms with Crippen molar-refractivity contribution in [1.29, 1.82) is 0 Å². The van der Waals surface area contributed by atoms with Crippen LogP contribution < -0.4 is 9.75 Å². The fourth-order valence-corrected chi connectivity index (χ4v) is 2.76. The lowest BCUT2D eigenvalue weighted by Crippen LogP contribution is -2.21. The van der Waals surface area contributed by atoms with Gasteiger partial charge in [-0.1, -0.05) is 35.3 Å². The van der Waals surface area contributed by atoms with Crippen molar-refractivity contribution >= 4 is 46.6 Å².